The Morgan fingerprint density at radius 1 is 1.00 bits per heavy atom. The number of nitrogens with zero attached hydrogens (tertiary/aromatic N) is 4. The molecule has 0 aliphatic carbocycles. The average molecular weight is 421 g/mol. The Hall–Kier alpha value is -3.77. The third kappa shape index (κ3) is 3.29. The fourth-order valence-corrected chi connectivity index (χ4v) is 4.91. The van der Waals surface area contributed by atoms with Crippen LogP contribution in [0, 0.1) is 6.92 Å². The molecule has 2 N–H and O–H groups in total. The number of aromatic amines is 2. The number of aryl methyl sites for hydroxylation is 1. The number of nitrogens with one attached hydrogen (secondary N) is 2. The summed E-state index contributed by atoms with van der Waals surface area (Å²) in [5.74, 6) is 0.624. The standard InChI is InChI=1S/C26H24N6/c1-17-9-11-19(12-10-17)25-24-22(21-7-2-3-8-23(21)27-24)13-14-32(25)16-18-5-4-6-20(15-18)26-28-30-31-29-26/h2-12,15,25,27H,13-14,16H2,1H3,(H,28,29,30,31). The third-order valence-electron chi connectivity index (χ3n) is 6.44. The number of rotatable bonds is 4. The van der Waals surface area contributed by atoms with Crippen molar-refractivity contribution in [2.45, 2.75) is 25.9 Å². The summed E-state index contributed by atoms with van der Waals surface area (Å²) in [5.41, 5.74) is 8.79. The first-order valence-electron chi connectivity index (χ1n) is 11.0. The molecule has 5 aromatic rings. The Bertz CT molecular complexity index is 1370. The van der Waals surface area contributed by atoms with Gasteiger partial charge in [0.05, 0.1) is 6.04 Å². The van der Waals surface area contributed by atoms with Crippen LogP contribution in [-0.2, 0) is 13.0 Å². The van der Waals surface area contributed by atoms with Crippen molar-refractivity contribution in [3.63, 3.8) is 0 Å². The van der Waals surface area contributed by atoms with Crippen LogP contribution < -0.4 is 0 Å². The summed E-state index contributed by atoms with van der Waals surface area (Å²) in [6.45, 7) is 3.99. The Morgan fingerprint density at radius 2 is 1.88 bits per heavy atom. The second-order valence-corrected chi connectivity index (χ2v) is 8.53. The minimum Gasteiger partial charge on any atom is -0.357 e. The van der Waals surface area contributed by atoms with Gasteiger partial charge in [0.25, 0.3) is 0 Å². The van der Waals surface area contributed by atoms with Crippen LogP contribution in [0.5, 0.6) is 0 Å². The van der Waals surface area contributed by atoms with Crippen molar-refractivity contribution < 1.29 is 0 Å². The van der Waals surface area contributed by atoms with Crippen molar-refractivity contribution in [2.24, 2.45) is 0 Å². The van der Waals surface area contributed by atoms with Crippen LogP contribution in [0.3, 0.4) is 0 Å². The van der Waals surface area contributed by atoms with Gasteiger partial charge in [-0.15, -0.1) is 10.2 Å². The summed E-state index contributed by atoms with van der Waals surface area (Å²) >= 11 is 0. The van der Waals surface area contributed by atoms with Crippen molar-refractivity contribution in [1.29, 1.82) is 0 Å². The maximum atomic E-state index is 4.13. The van der Waals surface area contributed by atoms with Crippen LogP contribution in [0.1, 0.15) is 34.0 Å². The molecule has 1 unspecified atom stereocenters. The number of para-hydroxylation sites is 1. The van der Waals surface area contributed by atoms with E-state index in [-0.39, 0.29) is 6.04 Å². The third-order valence-corrected chi connectivity index (χ3v) is 6.44. The van der Waals surface area contributed by atoms with Crippen LogP contribution in [0.4, 0.5) is 0 Å². The smallest absolute Gasteiger partial charge is 0.204 e. The SMILES string of the molecule is Cc1ccc(C2c3[nH]c4ccccc4c3CCN2Cc2cccc(-c3nn[nH]n3)c2)cc1. The van der Waals surface area contributed by atoms with Gasteiger partial charge in [0.1, 0.15) is 0 Å². The molecule has 1 aliphatic rings. The molecule has 0 amide bonds. The largest absolute Gasteiger partial charge is 0.357 e. The first-order valence-corrected chi connectivity index (χ1v) is 11.0. The summed E-state index contributed by atoms with van der Waals surface area (Å²) in [7, 11) is 0. The van der Waals surface area contributed by atoms with Gasteiger partial charge in [-0.3, -0.25) is 4.90 Å². The van der Waals surface area contributed by atoms with Gasteiger partial charge in [0.2, 0.25) is 5.82 Å². The lowest BCUT2D eigenvalue weighted by Gasteiger charge is -2.36. The van der Waals surface area contributed by atoms with E-state index >= 15 is 0 Å². The maximum Gasteiger partial charge on any atom is 0.204 e. The van der Waals surface area contributed by atoms with Gasteiger partial charge in [-0.25, -0.2) is 0 Å². The molecule has 0 fully saturated rings. The molecular weight excluding hydrogens is 396 g/mol. The van der Waals surface area contributed by atoms with E-state index in [0.717, 1.165) is 25.1 Å². The minimum absolute atomic E-state index is 0.181. The lowest BCUT2D eigenvalue weighted by atomic mass is 9.91. The zero-order valence-corrected chi connectivity index (χ0v) is 17.9. The maximum absolute atomic E-state index is 4.13. The number of hydrogen-bond acceptors (Lipinski definition) is 4. The zero-order chi connectivity index (χ0) is 21.5. The molecule has 0 saturated carbocycles. The van der Waals surface area contributed by atoms with Crippen molar-refractivity contribution in [1.82, 2.24) is 30.5 Å². The van der Waals surface area contributed by atoms with Gasteiger partial charge in [0, 0.05) is 35.2 Å². The highest BCUT2D eigenvalue weighted by Crippen LogP contribution is 2.39. The summed E-state index contributed by atoms with van der Waals surface area (Å²) in [5, 5.41) is 15.9. The number of H-pyrrole nitrogens is 2. The van der Waals surface area contributed by atoms with Crippen LogP contribution in [0.25, 0.3) is 22.3 Å². The highest BCUT2D eigenvalue weighted by molar-refractivity contribution is 5.85. The van der Waals surface area contributed by atoms with Crippen molar-refractivity contribution in [3.05, 3.63) is 101 Å². The molecule has 0 radical (unpaired) electrons. The van der Waals surface area contributed by atoms with E-state index in [9.17, 15) is 0 Å². The number of hydrogen-bond donors (Lipinski definition) is 2. The van der Waals surface area contributed by atoms with Crippen molar-refractivity contribution in [3.8, 4) is 11.4 Å². The van der Waals surface area contributed by atoms with Crippen molar-refractivity contribution >= 4 is 10.9 Å². The lowest BCUT2D eigenvalue weighted by Crippen LogP contribution is -2.35. The summed E-state index contributed by atoms with van der Waals surface area (Å²) in [6, 6.07) is 26.2. The van der Waals surface area contributed by atoms with E-state index in [4.69, 9.17) is 0 Å². The molecule has 3 heterocycles. The summed E-state index contributed by atoms with van der Waals surface area (Å²) in [4.78, 5) is 6.32. The van der Waals surface area contributed by atoms with E-state index < -0.39 is 0 Å². The predicted octanol–water partition coefficient (Wildman–Crippen LogP) is 4.80. The molecule has 158 valence electrons. The molecule has 6 nitrogen and oxygen atoms in total. The van der Waals surface area contributed by atoms with E-state index in [1.807, 2.05) is 6.07 Å². The van der Waals surface area contributed by atoms with Crippen LogP contribution in [-0.4, -0.2) is 37.1 Å². The number of fused-ring (bicyclic) bond motifs is 3. The van der Waals surface area contributed by atoms with Gasteiger partial charge in [0.15, 0.2) is 0 Å². The fourth-order valence-electron chi connectivity index (χ4n) is 4.91. The molecular formula is C26H24N6. The topological polar surface area (TPSA) is 73.5 Å². The summed E-state index contributed by atoms with van der Waals surface area (Å²) < 4.78 is 0. The molecule has 32 heavy (non-hydrogen) atoms. The monoisotopic (exact) mass is 420 g/mol. The average Bonchev–Trinajstić information content (AvgIpc) is 3.48. The van der Waals surface area contributed by atoms with Gasteiger partial charge < -0.3 is 4.98 Å². The highest BCUT2D eigenvalue weighted by atomic mass is 15.5. The zero-order valence-electron chi connectivity index (χ0n) is 17.9. The van der Waals surface area contributed by atoms with E-state index in [0.29, 0.717) is 5.82 Å². The molecule has 1 atom stereocenters. The molecule has 2 aromatic heterocycles. The molecule has 3 aromatic carbocycles. The molecule has 1 aliphatic heterocycles. The lowest BCUT2D eigenvalue weighted by molar-refractivity contribution is 0.202. The summed E-state index contributed by atoms with van der Waals surface area (Å²) in [6.07, 6.45) is 1.03. The Labute approximate surface area is 186 Å². The van der Waals surface area contributed by atoms with Crippen LogP contribution in [0.2, 0.25) is 0 Å². The Kier molecular flexibility index (Phi) is 4.58. The van der Waals surface area contributed by atoms with Gasteiger partial charge in [-0.2, -0.15) is 5.21 Å². The first-order chi connectivity index (χ1) is 15.8. The predicted molar refractivity (Wildman–Crippen MR) is 125 cm³/mol. The Morgan fingerprint density at radius 3 is 2.72 bits per heavy atom. The van der Waals surface area contributed by atoms with Gasteiger partial charge >= 0.3 is 0 Å². The van der Waals surface area contributed by atoms with E-state index in [1.165, 1.54) is 38.9 Å². The quantitative estimate of drug-likeness (QED) is 0.438. The van der Waals surface area contributed by atoms with E-state index in [1.54, 1.807) is 0 Å². The molecule has 0 saturated heterocycles. The minimum atomic E-state index is 0.181. The normalized spacial score (nSPS) is 16.3. The van der Waals surface area contributed by atoms with E-state index in [2.05, 4.69) is 104 Å². The number of tetrazole rings is 1. The second-order valence-electron chi connectivity index (χ2n) is 8.53. The number of benzene rings is 3. The highest BCUT2D eigenvalue weighted by Gasteiger charge is 2.31. The number of aromatic nitrogens is 5. The molecule has 0 spiro atoms. The van der Waals surface area contributed by atoms with Crippen LogP contribution in [0.15, 0.2) is 72.8 Å². The first kappa shape index (κ1) is 19.0. The van der Waals surface area contributed by atoms with Crippen LogP contribution >= 0.6 is 0 Å². The molecule has 6 rings (SSSR count). The van der Waals surface area contributed by atoms with Crippen molar-refractivity contribution in [2.75, 3.05) is 6.54 Å². The second kappa shape index (κ2) is 7.73. The molecule has 6 heteroatoms. The van der Waals surface area contributed by atoms with Gasteiger partial charge in [-0.05, 0) is 47.4 Å². The molecule has 0 bridgehead atoms. The Balaban J connectivity index is 1.41. The fraction of sp³-hybridized carbons (Fsp3) is 0.192. The van der Waals surface area contributed by atoms with Gasteiger partial charge in [-0.1, -0.05) is 66.2 Å².